The van der Waals surface area contributed by atoms with E-state index in [9.17, 15) is 0 Å². The molecule has 0 bridgehead atoms. The molecule has 2 rings (SSSR count). The lowest BCUT2D eigenvalue weighted by Gasteiger charge is -2.14. The molecular formula is C18H24ClN5. The number of nitrogens with zero attached hydrogens (tertiary/aromatic N) is 3. The number of aliphatic imine (C=N–C) groups is 1. The van der Waals surface area contributed by atoms with Crippen molar-refractivity contribution in [3.05, 3.63) is 58.7 Å². The lowest BCUT2D eigenvalue weighted by atomic mass is 10.2. The van der Waals surface area contributed by atoms with Gasteiger partial charge in [0.25, 0.3) is 0 Å². The zero-order valence-corrected chi connectivity index (χ0v) is 15.1. The van der Waals surface area contributed by atoms with Crippen LogP contribution in [-0.4, -0.2) is 31.6 Å². The quantitative estimate of drug-likeness (QED) is 0.624. The Kier molecular flexibility index (Phi) is 6.88. The summed E-state index contributed by atoms with van der Waals surface area (Å²) < 4.78 is 0. The molecule has 0 spiro atoms. The highest BCUT2D eigenvalue weighted by atomic mass is 35.5. The van der Waals surface area contributed by atoms with Crippen LogP contribution in [0.1, 0.15) is 18.2 Å². The standard InChI is InChI=1S/C18H24ClN5/c1-4-20-18(21-12-14-7-5-8-15(19)11-14)22-13-16-9-6-10-17(23-16)24(2)3/h5-11H,4,12-13H2,1-3H3,(H2,20,21,22). The first-order valence-electron chi connectivity index (χ1n) is 7.98. The van der Waals surface area contributed by atoms with Gasteiger partial charge in [-0.3, -0.25) is 0 Å². The average molecular weight is 346 g/mol. The third kappa shape index (κ3) is 5.74. The van der Waals surface area contributed by atoms with E-state index in [0.717, 1.165) is 34.6 Å². The predicted octanol–water partition coefficient (Wildman–Crippen LogP) is 3.06. The molecule has 6 heteroatoms. The normalized spacial score (nSPS) is 11.2. The molecule has 0 aliphatic heterocycles. The van der Waals surface area contributed by atoms with E-state index in [0.29, 0.717) is 13.1 Å². The van der Waals surface area contributed by atoms with Crippen LogP contribution in [0, 0.1) is 0 Å². The van der Waals surface area contributed by atoms with Crippen molar-refractivity contribution in [2.45, 2.75) is 20.0 Å². The molecule has 0 radical (unpaired) electrons. The van der Waals surface area contributed by atoms with Gasteiger partial charge in [-0.25, -0.2) is 9.98 Å². The second kappa shape index (κ2) is 9.13. The molecule has 0 fully saturated rings. The summed E-state index contributed by atoms with van der Waals surface area (Å²) in [5, 5.41) is 7.28. The largest absolute Gasteiger partial charge is 0.363 e. The zero-order chi connectivity index (χ0) is 17.4. The molecule has 0 aliphatic rings. The summed E-state index contributed by atoms with van der Waals surface area (Å²) in [5.41, 5.74) is 2.04. The van der Waals surface area contributed by atoms with Crippen LogP contribution in [0.25, 0.3) is 0 Å². The molecule has 0 unspecified atom stereocenters. The van der Waals surface area contributed by atoms with Gasteiger partial charge in [0, 0.05) is 25.7 Å². The summed E-state index contributed by atoms with van der Waals surface area (Å²) >= 11 is 6.01. The van der Waals surface area contributed by atoms with Crippen molar-refractivity contribution >= 4 is 23.4 Å². The number of rotatable bonds is 6. The molecule has 0 saturated heterocycles. The molecule has 24 heavy (non-hydrogen) atoms. The van der Waals surface area contributed by atoms with Gasteiger partial charge in [-0.1, -0.05) is 29.8 Å². The van der Waals surface area contributed by atoms with E-state index in [-0.39, 0.29) is 0 Å². The van der Waals surface area contributed by atoms with Crippen molar-refractivity contribution in [3.63, 3.8) is 0 Å². The minimum absolute atomic E-state index is 0.570. The Morgan fingerprint density at radius 3 is 2.67 bits per heavy atom. The minimum Gasteiger partial charge on any atom is -0.363 e. The molecule has 2 aromatic rings. The molecule has 1 aromatic carbocycles. The molecule has 0 atom stereocenters. The van der Waals surface area contributed by atoms with Crippen molar-refractivity contribution in [2.24, 2.45) is 4.99 Å². The summed E-state index contributed by atoms with van der Waals surface area (Å²) in [4.78, 5) is 11.2. The zero-order valence-electron chi connectivity index (χ0n) is 14.4. The van der Waals surface area contributed by atoms with Gasteiger partial charge >= 0.3 is 0 Å². The number of halogens is 1. The van der Waals surface area contributed by atoms with Crippen molar-refractivity contribution in [1.29, 1.82) is 0 Å². The topological polar surface area (TPSA) is 52.6 Å². The monoisotopic (exact) mass is 345 g/mol. The second-order valence-electron chi connectivity index (χ2n) is 5.56. The highest BCUT2D eigenvalue weighted by molar-refractivity contribution is 6.30. The summed E-state index contributed by atoms with van der Waals surface area (Å²) in [6.07, 6.45) is 0. The lowest BCUT2D eigenvalue weighted by Crippen LogP contribution is -2.37. The molecule has 128 valence electrons. The average Bonchev–Trinajstić information content (AvgIpc) is 2.57. The van der Waals surface area contributed by atoms with Gasteiger partial charge in [0.2, 0.25) is 0 Å². The maximum atomic E-state index is 6.01. The summed E-state index contributed by atoms with van der Waals surface area (Å²) in [6, 6.07) is 13.7. The maximum absolute atomic E-state index is 6.01. The van der Waals surface area contributed by atoms with E-state index in [1.165, 1.54) is 0 Å². The third-order valence-corrected chi connectivity index (χ3v) is 3.58. The van der Waals surface area contributed by atoms with Crippen LogP contribution < -0.4 is 15.5 Å². The Bertz CT molecular complexity index is 685. The Morgan fingerprint density at radius 2 is 1.96 bits per heavy atom. The fraction of sp³-hybridized carbons (Fsp3) is 0.333. The van der Waals surface area contributed by atoms with E-state index in [4.69, 9.17) is 11.6 Å². The summed E-state index contributed by atoms with van der Waals surface area (Å²) in [5.74, 6) is 1.70. The Hall–Kier alpha value is -2.27. The van der Waals surface area contributed by atoms with Crippen molar-refractivity contribution in [3.8, 4) is 0 Å². The molecule has 0 amide bonds. The van der Waals surface area contributed by atoms with Crippen LogP contribution in [0.4, 0.5) is 5.82 Å². The van der Waals surface area contributed by atoms with E-state index in [1.807, 2.05) is 68.4 Å². The third-order valence-electron chi connectivity index (χ3n) is 3.34. The van der Waals surface area contributed by atoms with Gasteiger partial charge in [0.1, 0.15) is 5.82 Å². The molecule has 0 saturated carbocycles. The van der Waals surface area contributed by atoms with E-state index < -0.39 is 0 Å². The van der Waals surface area contributed by atoms with Crippen molar-refractivity contribution in [1.82, 2.24) is 15.6 Å². The SMILES string of the molecule is CCNC(=NCc1cccc(Cl)c1)NCc1cccc(N(C)C)n1. The number of hydrogen-bond donors (Lipinski definition) is 2. The Morgan fingerprint density at radius 1 is 1.17 bits per heavy atom. The lowest BCUT2D eigenvalue weighted by molar-refractivity contribution is 0.798. The van der Waals surface area contributed by atoms with Gasteiger partial charge in [-0.2, -0.15) is 0 Å². The first kappa shape index (κ1) is 18.1. The van der Waals surface area contributed by atoms with Crippen LogP contribution in [-0.2, 0) is 13.1 Å². The molecule has 5 nitrogen and oxygen atoms in total. The highest BCUT2D eigenvalue weighted by Crippen LogP contribution is 2.11. The van der Waals surface area contributed by atoms with Gasteiger partial charge in [-0.15, -0.1) is 0 Å². The maximum Gasteiger partial charge on any atom is 0.191 e. The van der Waals surface area contributed by atoms with Gasteiger partial charge in [-0.05, 0) is 36.8 Å². The minimum atomic E-state index is 0.570. The number of hydrogen-bond acceptors (Lipinski definition) is 3. The number of pyridine rings is 1. The Balaban J connectivity index is 2.00. The van der Waals surface area contributed by atoms with Crippen LogP contribution >= 0.6 is 11.6 Å². The van der Waals surface area contributed by atoms with Crippen molar-refractivity contribution < 1.29 is 0 Å². The predicted molar refractivity (Wildman–Crippen MR) is 102 cm³/mol. The molecule has 1 aromatic heterocycles. The van der Waals surface area contributed by atoms with Crippen LogP contribution in [0.3, 0.4) is 0 Å². The summed E-state index contributed by atoms with van der Waals surface area (Å²) in [7, 11) is 3.96. The van der Waals surface area contributed by atoms with Crippen LogP contribution in [0.2, 0.25) is 5.02 Å². The van der Waals surface area contributed by atoms with Crippen molar-refractivity contribution in [2.75, 3.05) is 25.5 Å². The number of guanidine groups is 1. The number of anilines is 1. The van der Waals surface area contributed by atoms with E-state index in [1.54, 1.807) is 0 Å². The second-order valence-corrected chi connectivity index (χ2v) is 6.00. The highest BCUT2D eigenvalue weighted by Gasteiger charge is 2.02. The first-order valence-corrected chi connectivity index (χ1v) is 8.36. The molecule has 1 heterocycles. The van der Waals surface area contributed by atoms with Crippen LogP contribution in [0.15, 0.2) is 47.5 Å². The Labute approximate surface area is 148 Å². The molecular weight excluding hydrogens is 322 g/mol. The number of benzene rings is 1. The van der Waals surface area contributed by atoms with Gasteiger partial charge in [0.05, 0.1) is 18.8 Å². The smallest absolute Gasteiger partial charge is 0.191 e. The first-order chi connectivity index (χ1) is 11.6. The van der Waals surface area contributed by atoms with E-state index in [2.05, 4.69) is 20.6 Å². The van der Waals surface area contributed by atoms with Crippen LogP contribution in [0.5, 0.6) is 0 Å². The number of aromatic nitrogens is 1. The number of nitrogens with one attached hydrogen (secondary N) is 2. The molecule has 2 N–H and O–H groups in total. The fourth-order valence-corrected chi connectivity index (χ4v) is 2.35. The molecule has 0 aliphatic carbocycles. The fourth-order valence-electron chi connectivity index (χ4n) is 2.14. The van der Waals surface area contributed by atoms with Gasteiger partial charge in [0.15, 0.2) is 5.96 Å². The summed E-state index contributed by atoms with van der Waals surface area (Å²) in [6.45, 7) is 4.03. The van der Waals surface area contributed by atoms with Gasteiger partial charge < -0.3 is 15.5 Å². The van der Waals surface area contributed by atoms with E-state index >= 15 is 0 Å².